The number of benzene rings is 1. The molecule has 0 aliphatic rings. The van der Waals surface area contributed by atoms with E-state index in [2.05, 4.69) is 5.32 Å². The van der Waals surface area contributed by atoms with Crippen LogP contribution in [0.1, 0.15) is 30.4 Å². The van der Waals surface area contributed by atoms with Crippen LogP contribution in [0.2, 0.25) is 0 Å². The first kappa shape index (κ1) is 13.2. The summed E-state index contributed by atoms with van der Waals surface area (Å²) in [4.78, 5) is 21.8. The van der Waals surface area contributed by atoms with Gasteiger partial charge in [-0.3, -0.25) is 9.59 Å². The summed E-state index contributed by atoms with van der Waals surface area (Å²) in [6.45, 7) is 3.93. The van der Waals surface area contributed by atoms with Gasteiger partial charge in [-0.25, -0.2) is 0 Å². The third-order valence-corrected chi connectivity index (χ3v) is 2.30. The smallest absolute Gasteiger partial charge is 0.303 e. The maximum Gasteiger partial charge on any atom is 0.303 e. The molecule has 0 bridgehead atoms. The molecule has 17 heavy (non-hydrogen) atoms. The summed E-state index contributed by atoms with van der Waals surface area (Å²) >= 11 is 0. The van der Waals surface area contributed by atoms with Crippen molar-refractivity contribution in [3.05, 3.63) is 29.3 Å². The Morgan fingerprint density at radius 1 is 1.12 bits per heavy atom. The Labute approximate surface area is 101 Å². The molecule has 92 valence electrons. The van der Waals surface area contributed by atoms with E-state index in [1.54, 1.807) is 0 Å². The Morgan fingerprint density at radius 3 is 2.24 bits per heavy atom. The molecule has 4 heteroatoms. The van der Waals surface area contributed by atoms with E-state index in [1.807, 2.05) is 32.0 Å². The number of carbonyl (C=O) groups excluding carboxylic acids is 1. The lowest BCUT2D eigenvalue weighted by atomic mass is 10.1. The van der Waals surface area contributed by atoms with Crippen molar-refractivity contribution in [2.24, 2.45) is 0 Å². The summed E-state index contributed by atoms with van der Waals surface area (Å²) in [7, 11) is 0. The predicted octanol–water partition coefficient (Wildman–Crippen LogP) is 2.50. The van der Waals surface area contributed by atoms with E-state index in [9.17, 15) is 9.59 Å². The van der Waals surface area contributed by atoms with Crippen molar-refractivity contribution < 1.29 is 14.7 Å². The van der Waals surface area contributed by atoms with Crippen molar-refractivity contribution in [3.63, 3.8) is 0 Å². The lowest BCUT2D eigenvalue weighted by molar-refractivity contribution is -0.137. The molecule has 0 saturated heterocycles. The van der Waals surface area contributed by atoms with Gasteiger partial charge < -0.3 is 10.4 Å². The van der Waals surface area contributed by atoms with Gasteiger partial charge in [0, 0.05) is 18.5 Å². The Morgan fingerprint density at radius 2 is 1.71 bits per heavy atom. The molecule has 4 nitrogen and oxygen atoms in total. The molecule has 0 atom stereocenters. The van der Waals surface area contributed by atoms with Crippen LogP contribution in [0.4, 0.5) is 5.69 Å². The van der Waals surface area contributed by atoms with Crippen molar-refractivity contribution in [2.45, 2.75) is 33.1 Å². The number of amides is 1. The van der Waals surface area contributed by atoms with Crippen LogP contribution < -0.4 is 5.32 Å². The van der Waals surface area contributed by atoms with Gasteiger partial charge in [0.25, 0.3) is 0 Å². The van der Waals surface area contributed by atoms with Crippen LogP contribution in [0.25, 0.3) is 0 Å². The van der Waals surface area contributed by atoms with Crippen LogP contribution in [0.15, 0.2) is 18.2 Å². The standard InChI is InChI=1S/C13H17NO3/c1-9-6-10(2)8-11(7-9)14-12(15)4-3-5-13(16)17/h6-8H,3-5H2,1-2H3,(H,14,15)(H,16,17). The zero-order valence-electron chi connectivity index (χ0n) is 10.1. The molecular formula is C13H17NO3. The Kier molecular flexibility index (Phi) is 4.69. The largest absolute Gasteiger partial charge is 0.481 e. The minimum absolute atomic E-state index is 0.0280. The van der Waals surface area contributed by atoms with Crippen LogP contribution in [0.5, 0.6) is 0 Å². The topological polar surface area (TPSA) is 66.4 Å². The van der Waals surface area contributed by atoms with Gasteiger partial charge in [0.2, 0.25) is 5.91 Å². The minimum atomic E-state index is -0.871. The van der Waals surface area contributed by atoms with E-state index in [-0.39, 0.29) is 18.7 Å². The highest BCUT2D eigenvalue weighted by atomic mass is 16.4. The quantitative estimate of drug-likeness (QED) is 0.824. The van der Waals surface area contributed by atoms with E-state index in [0.29, 0.717) is 6.42 Å². The van der Waals surface area contributed by atoms with Crippen molar-refractivity contribution >= 4 is 17.6 Å². The summed E-state index contributed by atoms with van der Waals surface area (Å²) in [5, 5.41) is 11.2. The summed E-state index contributed by atoms with van der Waals surface area (Å²) in [5.74, 6) is -1.01. The minimum Gasteiger partial charge on any atom is -0.481 e. The van der Waals surface area contributed by atoms with E-state index >= 15 is 0 Å². The molecule has 0 spiro atoms. The molecule has 0 saturated carbocycles. The second-order valence-corrected chi connectivity index (χ2v) is 4.17. The number of hydrogen-bond acceptors (Lipinski definition) is 2. The van der Waals surface area contributed by atoms with E-state index in [0.717, 1.165) is 16.8 Å². The van der Waals surface area contributed by atoms with Crippen LogP contribution in [0, 0.1) is 13.8 Å². The van der Waals surface area contributed by atoms with E-state index < -0.39 is 5.97 Å². The number of aryl methyl sites for hydroxylation is 2. The molecule has 0 aliphatic heterocycles. The fourth-order valence-corrected chi connectivity index (χ4v) is 1.67. The van der Waals surface area contributed by atoms with Crippen LogP contribution in [0.3, 0.4) is 0 Å². The van der Waals surface area contributed by atoms with Gasteiger partial charge in [0.05, 0.1) is 0 Å². The molecule has 0 fully saturated rings. The summed E-state index contributed by atoms with van der Waals surface area (Å²) in [6, 6.07) is 5.81. The average molecular weight is 235 g/mol. The average Bonchev–Trinajstić information content (AvgIpc) is 2.14. The van der Waals surface area contributed by atoms with Crippen LogP contribution in [-0.2, 0) is 9.59 Å². The van der Waals surface area contributed by atoms with Gasteiger partial charge in [-0.2, -0.15) is 0 Å². The van der Waals surface area contributed by atoms with Gasteiger partial charge >= 0.3 is 5.97 Å². The van der Waals surface area contributed by atoms with Gasteiger partial charge in [0.15, 0.2) is 0 Å². The summed E-state index contributed by atoms with van der Waals surface area (Å²) < 4.78 is 0. The maximum atomic E-state index is 11.5. The Balaban J connectivity index is 2.47. The molecular weight excluding hydrogens is 218 g/mol. The van der Waals surface area contributed by atoms with Crippen molar-refractivity contribution in [1.29, 1.82) is 0 Å². The lowest BCUT2D eigenvalue weighted by Gasteiger charge is -2.07. The number of nitrogens with one attached hydrogen (secondary N) is 1. The van der Waals surface area contributed by atoms with Gasteiger partial charge in [-0.15, -0.1) is 0 Å². The molecule has 1 rings (SSSR count). The number of carboxylic acids is 1. The zero-order valence-corrected chi connectivity index (χ0v) is 10.1. The summed E-state index contributed by atoms with van der Waals surface area (Å²) in [6.07, 6.45) is 0.630. The molecule has 1 amide bonds. The van der Waals surface area contributed by atoms with Crippen molar-refractivity contribution in [1.82, 2.24) is 0 Å². The van der Waals surface area contributed by atoms with E-state index in [4.69, 9.17) is 5.11 Å². The number of carboxylic acid groups (broad SMARTS) is 1. The first-order valence-electron chi connectivity index (χ1n) is 5.57. The third-order valence-electron chi connectivity index (χ3n) is 2.30. The fourth-order valence-electron chi connectivity index (χ4n) is 1.67. The van der Waals surface area contributed by atoms with Crippen molar-refractivity contribution in [3.8, 4) is 0 Å². The second kappa shape index (κ2) is 6.03. The van der Waals surface area contributed by atoms with E-state index in [1.165, 1.54) is 0 Å². The number of hydrogen-bond donors (Lipinski definition) is 2. The number of aliphatic carboxylic acids is 1. The van der Waals surface area contributed by atoms with Gasteiger partial charge in [-0.1, -0.05) is 6.07 Å². The molecule has 0 aliphatic carbocycles. The number of carbonyl (C=O) groups is 2. The molecule has 2 N–H and O–H groups in total. The zero-order chi connectivity index (χ0) is 12.8. The van der Waals surface area contributed by atoms with Crippen molar-refractivity contribution in [2.75, 3.05) is 5.32 Å². The fraction of sp³-hybridized carbons (Fsp3) is 0.385. The highest BCUT2D eigenvalue weighted by Gasteiger charge is 2.05. The number of rotatable bonds is 5. The molecule has 1 aromatic carbocycles. The second-order valence-electron chi connectivity index (χ2n) is 4.17. The highest BCUT2D eigenvalue weighted by Crippen LogP contribution is 2.14. The molecule has 0 radical (unpaired) electrons. The normalized spacial score (nSPS) is 10.0. The Hall–Kier alpha value is -1.84. The Bertz CT molecular complexity index is 406. The highest BCUT2D eigenvalue weighted by molar-refractivity contribution is 5.91. The van der Waals surface area contributed by atoms with Gasteiger partial charge in [0.1, 0.15) is 0 Å². The lowest BCUT2D eigenvalue weighted by Crippen LogP contribution is -2.12. The summed E-state index contributed by atoms with van der Waals surface area (Å²) in [5.41, 5.74) is 2.94. The molecule has 1 aromatic rings. The predicted molar refractivity (Wildman–Crippen MR) is 66.0 cm³/mol. The monoisotopic (exact) mass is 235 g/mol. The SMILES string of the molecule is Cc1cc(C)cc(NC(=O)CCCC(=O)O)c1. The molecule has 0 aromatic heterocycles. The number of anilines is 1. The molecule has 0 unspecified atom stereocenters. The molecule has 0 heterocycles. The van der Waals surface area contributed by atoms with Crippen LogP contribution >= 0.6 is 0 Å². The maximum absolute atomic E-state index is 11.5. The first-order valence-corrected chi connectivity index (χ1v) is 5.57. The first-order chi connectivity index (χ1) is 7.97. The van der Waals surface area contributed by atoms with Crippen LogP contribution in [-0.4, -0.2) is 17.0 Å². The third kappa shape index (κ3) is 5.15. The van der Waals surface area contributed by atoms with Gasteiger partial charge in [-0.05, 0) is 43.5 Å².